The molecule has 0 amide bonds. The highest BCUT2D eigenvalue weighted by Gasteiger charge is 2.26. The quantitative estimate of drug-likeness (QED) is 0.875. The van der Waals surface area contributed by atoms with Gasteiger partial charge in [-0.1, -0.05) is 30.3 Å². The number of hydrogen-bond acceptors (Lipinski definition) is 3. The molecule has 1 aliphatic rings. The van der Waals surface area contributed by atoms with Crippen LogP contribution in [0.3, 0.4) is 0 Å². The smallest absolute Gasteiger partial charge is 0.141 e. The van der Waals surface area contributed by atoms with E-state index in [1.807, 2.05) is 12.1 Å². The lowest BCUT2D eigenvalue weighted by Gasteiger charge is -2.08. The van der Waals surface area contributed by atoms with Crippen molar-refractivity contribution >= 4 is 6.29 Å². The van der Waals surface area contributed by atoms with Crippen molar-refractivity contribution in [3.8, 4) is 5.75 Å². The molecule has 2 aromatic carbocycles. The number of hydrogen-bond donors (Lipinski definition) is 1. The Morgan fingerprint density at radius 3 is 2.48 bits per heavy atom. The van der Waals surface area contributed by atoms with Gasteiger partial charge in [0, 0.05) is 6.04 Å². The lowest BCUT2D eigenvalue weighted by atomic mass is 9.96. The Labute approximate surface area is 124 Å². The number of methoxy groups -OCH3 is 1. The zero-order valence-corrected chi connectivity index (χ0v) is 12.3. The topological polar surface area (TPSA) is 38.3 Å². The molecule has 108 valence electrons. The first kappa shape index (κ1) is 13.8. The molecule has 2 atom stereocenters. The molecule has 0 aliphatic carbocycles. The monoisotopic (exact) mass is 281 g/mol. The van der Waals surface area contributed by atoms with Crippen LogP contribution in [-0.4, -0.2) is 13.4 Å². The molecule has 0 saturated carbocycles. The Kier molecular flexibility index (Phi) is 3.76. The van der Waals surface area contributed by atoms with Crippen LogP contribution < -0.4 is 10.1 Å². The van der Waals surface area contributed by atoms with Crippen molar-refractivity contribution in [2.45, 2.75) is 25.4 Å². The summed E-state index contributed by atoms with van der Waals surface area (Å²) in [5.41, 5.74) is 4.86. The van der Waals surface area contributed by atoms with Gasteiger partial charge in [0.15, 0.2) is 0 Å². The summed E-state index contributed by atoms with van der Waals surface area (Å²) in [7, 11) is 1.67. The van der Waals surface area contributed by atoms with Crippen LogP contribution in [0.2, 0.25) is 0 Å². The fraction of sp³-hybridized carbons (Fsp3) is 0.278. The van der Waals surface area contributed by atoms with Gasteiger partial charge in [-0.3, -0.25) is 5.32 Å². The number of rotatable bonds is 4. The van der Waals surface area contributed by atoms with Crippen molar-refractivity contribution in [3.05, 3.63) is 64.7 Å². The SMILES string of the molecule is COc1ccc(Cc2ccc3c(c2)C(C)NC3C=O)cc1. The molecule has 0 aromatic heterocycles. The van der Waals surface area contributed by atoms with Gasteiger partial charge in [-0.05, 0) is 47.7 Å². The number of benzene rings is 2. The average Bonchev–Trinajstić information content (AvgIpc) is 2.84. The van der Waals surface area contributed by atoms with Gasteiger partial charge >= 0.3 is 0 Å². The Morgan fingerprint density at radius 1 is 1.10 bits per heavy atom. The summed E-state index contributed by atoms with van der Waals surface area (Å²) < 4.78 is 5.18. The summed E-state index contributed by atoms with van der Waals surface area (Å²) in [6.45, 7) is 2.10. The summed E-state index contributed by atoms with van der Waals surface area (Å²) in [6, 6.07) is 14.6. The summed E-state index contributed by atoms with van der Waals surface area (Å²) in [4.78, 5) is 11.1. The van der Waals surface area contributed by atoms with Crippen LogP contribution in [-0.2, 0) is 11.2 Å². The molecule has 3 nitrogen and oxygen atoms in total. The van der Waals surface area contributed by atoms with Gasteiger partial charge in [0.2, 0.25) is 0 Å². The van der Waals surface area contributed by atoms with Crippen LogP contribution in [0, 0.1) is 0 Å². The van der Waals surface area contributed by atoms with Crippen molar-refractivity contribution in [3.63, 3.8) is 0 Å². The molecule has 0 saturated heterocycles. The van der Waals surface area contributed by atoms with E-state index in [4.69, 9.17) is 4.74 Å². The van der Waals surface area contributed by atoms with Gasteiger partial charge in [0.05, 0.1) is 13.2 Å². The predicted molar refractivity (Wildman–Crippen MR) is 82.6 cm³/mol. The molecule has 1 heterocycles. The fourth-order valence-electron chi connectivity index (χ4n) is 2.93. The first-order chi connectivity index (χ1) is 10.2. The first-order valence-electron chi connectivity index (χ1n) is 7.18. The second kappa shape index (κ2) is 5.70. The van der Waals surface area contributed by atoms with Crippen molar-refractivity contribution in [2.75, 3.05) is 7.11 Å². The fourth-order valence-corrected chi connectivity index (χ4v) is 2.93. The van der Waals surface area contributed by atoms with Gasteiger partial charge in [-0.15, -0.1) is 0 Å². The molecule has 3 heteroatoms. The van der Waals surface area contributed by atoms with E-state index >= 15 is 0 Å². The number of aldehydes is 1. The minimum absolute atomic E-state index is 0.162. The number of nitrogens with one attached hydrogen (secondary N) is 1. The molecule has 0 fully saturated rings. The maximum atomic E-state index is 11.1. The third-order valence-electron chi connectivity index (χ3n) is 4.09. The molecular weight excluding hydrogens is 262 g/mol. The van der Waals surface area contributed by atoms with Crippen molar-refractivity contribution in [2.24, 2.45) is 0 Å². The van der Waals surface area contributed by atoms with E-state index in [0.29, 0.717) is 0 Å². The maximum absolute atomic E-state index is 11.1. The molecule has 1 N–H and O–H groups in total. The van der Waals surface area contributed by atoms with Crippen molar-refractivity contribution in [1.29, 1.82) is 0 Å². The summed E-state index contributed by atoms with van der Waals surface area (Å²) in [6.07, 6.45) is 1.86. The van der Waals surface area contributed by atoms with Crippen LogP contribution in [0.15, 0.2) is 42.5 Å². The summed E-state index contributed by atoms with van der Waals surface area (Å²) >= 11 is 0. The summed E-state index contributed by atoms with van der Waals surface area (Å²) in [5.74, 6) is 0.874. The normalized spacial score (nSPS) is 20.1. The van der Waals surface area contributed by atoms with Crippen LogP contribution in [0.4, 0.5) is 0 Å². The molecule has 0 radical (unpaired) electrons. The van der Waals surface area contributed by atoms with E-state index in [2.05, 4.69) is 42.6 Å². The van der Waals surface area contributed by atoms with Crippen LogP contribution in [0.1, 0.15) is 41.3 Å². The Hall–Kier alpha value is -2.13. The van der Waals surface area contributed by atoms with Gasteiger partial charge in [0.1, 0.15) is 12.0 Å². The molecule has 2 aromatic rings. The summed E-state index contributed by atoms with van der Waals surface area (Å²) in [5, 5.41) is 3.29. The van der Waals surface area contributed by atoms with E-state index in [-0.39, 0.29) is 12.1 Å². The average molecular weight is 281 g/mol. The second-order valence-electron chi connectivity index (χ2n) is 5.49. The van der Waals surface area contributed by atoms with E-state index < -0.39 is 0 Å². The van der Waals surface area contributed by atoms with Crippen LogP contribution >= 0.6 is 0 Å². The van der Waals surface area contributed by atoms with Crippen LogP contribution in [0.25, 0.3) is 0 Å². The van der Waals surface area contributed by atoms with Gasteiger partial charge < -0.3 is 9.53 Å². The minimum atomic E-state index is -0.162. The minimum Gasteiger partial charge on any atom is -0.497 e. The van der Waals surface area contributed by atoms with Crippen LogP contribution in [0.5, 0.6) is 5.75 Å². The Balaban J connectivity index is 1.84. The molecule has 1 aliphatic heterocycles. The number of carbonyl (C=O) groups excluding carboxylic acids is 1. The number of fused-ring (bicyclic) bond motifs is 1. The maximum Gasteiger partial charge on any atom is 0.141 e. The van der Waals surface area contributed by atoms with Gasteiger partial charge in [0.25, 0.3) is 0 Å². The molecule has 3 rings (SSSR count). The molecule has 0 spiro atoms. The largest absolute Gasteiger partial charge is 0.497 e. The number of ether oxygens (including phenoxy) is 1. The number of carbonyl (C=O) groups is 1. The molecule has 2 unspecified atom stereocenters. The standard InChI is InChI=1S/C18H19NO2/c1-12-17-10-14(5-8-16(17)18(11-20)19-12)9-13-3-6-15(21-2)7-4-13/h3-8,10-12,18-19H,9H2,1-2H3. The van der Waals surface area contributed by atoms with Gasteiger partial charge in [-0.25, -0.2) is 0 Å². The highest BCUT2D eigenvalue weighted by atomic mass is 16.5. The second-order valence-corrected chi connectivity index (χ2v) is 5.49. The molecule has 21 heavy (non-hydrogen) atoms. The van der Waals surface area contributed by atoms with Crippen molar-refractivity contribution < 1.29 is 9.53 Å². The molecule has 0 bridgehead atoms. The predicted octanol–water partition coefficient (Wildman–Crippen LogP) is 3.19. The third-order valence-corrected chi connectivity index (χ3v) is 4.09. The van der Waals surface area contributed by atoms with E-state index in [1.165, 1.54) is 16.7 Å². The zero-order chi connectivity index (χ0) is 14.8. The molecular formula is C18H19NO2. The zero-order valence-electron chi connectivity index (χ0n) is 12.3. The highest BCUT2D eigenvalue weighted by molar-refractivity contribution is 5.65. The lowest BCUT2D eigenvalue weighted by Crippen LogP contribution is -2.15. The first-order valence-corrected chi connectivity index (χ1v) is 7.18. The Morgan fingerprint density at radius 2 is 1.81 bits per heavy atom. The lowest BCUT2D eigenvalue weighted by molar-refractivity contribution is -0.109. The van der Waals surface area contributed by atoms with E-state index in [0.717, 1.165) is 24.0 Å². The van der Waals surface area contributed by atoms with E-state index in [1.54, 1.807) is 7.11 Å². The van der Waals surface area contributed by atoms with E-state index in [9.17, 15) is 4.79 Å². The third kappa shape index (κ3) is 2.69. The van der Waals surface area contributed by atoms with Crippen molar-refractivity contribution in [1.82, 2.24) is 5.32 Å². The Bertz CT molecular complexity index is 649. The van der Waals surface area contributed by atoms with Gasteiger partial charge in [-0.2, -0.15) is 0 Å². The highest BCUT2D eigenvalue weighted by Crippen LogP contribution is 2.32.